The van der Waals surface area contributed by atoms with E-state index in [1.54, 1.807) is 18.5 Å². The third-order valence-corrected chi connectivity index (χ3v) is 4.08. The average Bonchev–Trinajstić information content (AvgIpc) is 3.14. The molecule has 2 aliphatic heterocycles. The molecule has 0 saturated heterocycles. The molecule has 0 aliphatic carbocycles. The first-order valence-electron chi connectivity index (χ1n) is 6.93. The summed E-state index contributed by atoms with van der Waals surface area (Å²) >= 11 is 0. The third-order valence-electron chi connectivity index (χ3n) is 4.08. The van der Waals surface area contributed by atoms with Crippen molar-refractivity contribution in [2.45, 2.75) is 25.6 Å². The zero-order valence-corrected chi connectivity index (χ0v) is 11.3. The summed E-state index contributed by atoms with van der Waals surface area (Å²) in [6.07, 6.45) is 4.41. The summed E-state index contributed by atoms with van der Waals surface area (Å²) < 4.78 is 7.18. The van der Waals surface area contributed by atoms with Gasteiger partial charge in [-0.15, -0.1) is 0 Å². The van der Waals surface area contributed by atoms with E-state index in [4.69, 9.17) is 4.65 Å². The molecule has 0 radical (unpaired) electrons. The van der Waals surface area contributed by atoms with Crippen molar-refractivity contribution in [1.82, 2.24) is 14.9 Å². The minimum absolute atomic E-state index is 0.0879. The Labute approximate surface area is 121 Å². The third kappa shape index (κ3) is 2.14. The Morgan fingerprint density at radius 2 is 2.43 bits per heavy atom. The zero-order valence-electron chi connectivity index (χ0n) is 11.3. The predicted molar refractivity (Wildman–Crippen MR) is 76.0 cm³/mol. The van der Waals surface area contributed by atoms with Crippen LogP contribution >= 0.6 is 0 Å². The molecule has 21 heavy (non-hydrogen) atoms. The van der Waals surface area contributed by atoms with Crippen LogP contribution in [0.5, 0.6) is 0 Å². The summed E-state index contributed by atoms with van der Waals surface area (Å²) in [6.45, 7) is 1.14. The molecule has 2 aliphatic rings. The summed E-state index contributed by atoms with van der Waals surface area (Å²) in [5, 5.41) is 12.7. The number of benzene rings is 1. The van der Waals surface area contributed by atoms with Crippen LogP contribution in [0.15, 0.2) is 30.7 Å². The second-order valence-electron chi connectivity index (χ2n) is 5.49. The lowest BCUT2D eigenvalue weighted by atomic mass is 9.79. The fourth-order valence-corrected chi connectivity index (χ4v) is 2.96. The summed E-state index contributed by atoms with van der Waals surface area (Å²) in [6, 6.07) is 5.40. The van der Waals surface area contributed by atoms with Crippen LogP contribution in [-0.4, -0.2) is 33.6 Å². The van der Waals surface area contributed by atoms with Crippen LogP contribution in [0.2, 0.25) is 0 Å². The minimum Gasteiger partial charge on any atom is -0.423 e. The van der Waals surface area contributed by atoms with Gasteiger partial charge >= 0.3 is 7.12 Å². The van der Waals surface area contributed by atoms with E-state index in [0.29, 0.717) is 17.6 Å². The second kappa shape index (κ2) is 4.72. The van der Waals surface area contributed by atoms with E-state index >= 15 is 0 Å². The molecule has 1 amide bonds. The number of aromatic nitrogens is 2. The van der Waals surface area contributed by atoms with Crippen LogP contribution in [0.25, 0.3) is 0 Å². The van der Waals surface area contributed by atoms with E-state index in [1.165, 1.54) is 0 Å². The second-order valence-corrected chi connectivity index (χ2v) is 5.49. The number of hydrogen-bond donors (Lipinski definition) is 2. The van der Waals surface area contributed by atoms with E-state index in [9.17, 15) is 9.82 Å². The number of carbonyl (C=O) groups excluding carboxylic acids is 1. The standard InChI is InChI=1S/C14H14BN3O3/c19-14(17-11-4-12-5-16-8-18(12)6-11)9-1-2-10-7-21-15(20)13(10)3-9/h1-3,5,8,11,20H,4,6-7H2,(H,17,19). The number of carbonyl (C=O) groups is 1. The molecule has 4 rings (SSSR count). The van der Waals surface area contributed by atoms with Gasteiger partial charge in [0.15, 0.2) is 0 Å². The summed E-state index contributed by atoms with van der Waals surface area (Å²) in [7, 11) is -0.925. The number of rotatable bonds is 2. The molecule has 2 N–H and O–H groups in total. The van der Waals surface area contributed by atoms with Crippen molar-refractivity contribution >= 4 is 18.5 Å². The van der Waals surface area contributed by atoms with Crippen molar-refractivity contribution in [3.8, 4) is 0 Å². The van der Waals surface area contributed by atoms with Gasteiger partial charge in [-0.3, -0.25) is 4.79 Å². The number of hydrogen-bond acceptors (Lipinski definition) is 4. The normalized spacial score (nSPS) is 19.5. The Balaban J connectivity index is 1.49. The fraction of sp³-hybridized carbons (Fsp3) is 0.286. The molecule has 0 fully saturated rings. The lowest BCUT2D eigenvalue weighted by Crippen LogP contribution is -2.37. The van der Waals surface area contributed by atoms with Crippen LogP contribution in [0, 0.1) is 0 Å². The van der Waals surface area contributed by atoms with Crippen LogP contribution in [-0.2, 0) is 24.2 Å². The smallest absolute Gasteiger partial charge is 0.423 e. The van der Waals surface area contributed by atoms with Gasteiger partial charge in [-0.05, 0) is 23.2 Å². The molecule has 3 heterocycles. The number of nitrogens with zero attached hydrogens (tertiary/aromatic N) is 2. The topological polar surface area (TPSA) is 76.4 Å². The van der Waals surface area contributed by atoms with Gasteiger partial charge in [0.05, 0.1) is 19.0 Å². The Hall–Kier alpha value is -2.12. The number of amides is 1. The number of imidazole rings is 1. The Morgan fingerprint density at radius 3 is 3.29 bits per heavy atom. The number of fused-ring (bicyclic) bond motifs is 2. The highest BCUT2D eigenvalue weighted by atomic mass is 16.5. The van der Waals surface area contributed by atoms with E-state index in [-0.39, 0.29) is 11.9 Å². The minimum atomic E-state index is -0.925. The molecular formula is C14H14BN3O3. The molecule has 106 valence electrons. The Bertz CT molecular complexity index is 695. The fourth-order valence-electron chi connectivity index (χ4n) is 2.96. The monoisotopic (exact) mass is 283 g/mol. The van der Waals surface area contributed by atoms with Crippen molar-refractivity contribution in [3.63, 3.8) is 0 Å². The molecule has 0 spiro atoms. The molecule has 0 saturated carbocycles. The highest BCUT2D eigenvalue weighted by Gasteiger charge is 2.29. The van der Waals surface area contributed by atoms with Gasteiger partial charge in [0.25, 0.3) is 5.91 Å². The van der Waals surface area contributed by atoms with E-state index in [2.05, 4.69) is 10.3 Å². The lowest BCUT2D eigenvalue weighted by Gasteiger charge is -2.12. The maximum atomic E-state index is 12.3. The van der Waals surface area contributed by atoms with Crippen LogP contribution in [0.1, 0.15) is 21.6 Å². The van der Waals surface area contributed by atoms with Gasteiger partial charge in [-0.2, -0.15) is 0 Å². The molecule has 0 bridgehead atoms. The molecule has 1 aromatic carbocycles. The van der Waals surface area contributed by atoms with Gasteiger partial charge < -0.3 is 19.6 Å². The molecule has 1 unspecified atom stereocenters. The first kappa shape index (κ1) is 12.6. The van der Waals surface area contributed by atoms with Gasteiger partial charge in [0, 0.05) is 30.4 Å². The SMILES string of the molecule is O=C(NC1Cc2cncn2C1)c1ccc2c(c1)B(O)OC2. The van der Waals surface area contributed by atoms with Gasteiger partial charge in [0.1, 0.15) is 0 Å². The van der Waals surface area contributed by atoms with E-state index < -0.39 is 7.12 Å². The van der Waals surface area contributed by atoms with Crippen molar-refractivity contribution in [1.29, 1.82) is 0 Å². The highest BCUT2D eigenvalue weighted by molar-refractivity contribution is 6.61. The van der Waals surface area contributed by atoms with Crippen molar-refractivity contribution < 1.29 is 14.5 Å². The Morgan fingerprint density at radius 1 is 1.52 bits per heavy atom. The lowest BCUT2D eigenvalue weighted by molar-refractivity contribution is 0.0937. The Kier molecular flexibility index (Phi) is 2.83. The largest absolute Gasteiger partial charge is 0.491 e. The summed E-state index contributed by atoms with van der Waals surface area (Å²) in [4.78, 5) is 16.4. The highest BCUT2D eigenvalue weighted by Crippen LogP contribution is 2.15. The molecular weight excluding hydrogens is 269 g/mol. The maximum absolute atomic E-state index is 12.3. The van der Waals surface area contributed by atoms with E-state index in [1.807, 2.05) is 16.8 Å². The molecule has 7 heteroatoms. The zero-order chi connectivity index (χ0) is 14.4. The molecule has 1 atom stereocenters. The van der Waals surface area contributed by atoms with Crippen molar-refractivity contribution in [3.05, 3.63) is 47.5 Å². The molecule has 2 aromatic rings. The van der Waals surface area contributed by atoms with Gasteiger partial charge in [0.2, 0.25) is 0 Å². The predicted octanol–water partition coefficient (Wildman–Crippen LogP) is -0.545. The van der Waals surface area contributed by atoms with Crippen molar-refractivity contribution in [2.24, 2.45) is 0 Å². The molecule has 1 aromatic heterocycles. The van der Waals surface area contributed by atoms with E-state index in [0.717, 1.165) is 24.2 Å². The van der Waals surface area contributed by atoms with Crippen LogP contribution < -0.4 is 10.8 Å². The van der Waals surface area contributed by atoms with Gasteiger partial charge in [-0.25, -0.2) is 4.98 Å². The molecule has 6 nitrogen and oxygen atoms in total. The first-order valence-corrected chi connectivity index (χ1v) is 6.93. The maximum Gasteiger partial charge on any atom is 0.491 e. The van der Waals surface area contributed by atoms with Crippen LogP contribution in [0.3, 0.4) is 0 Å². The first-order chi connectivity index (χ1) is 10.2. The van der Waals surface area contributed by atoms with Crippen molar-refractivity contribution in [2.75, 3.05) is 0 Å². The van der Waals surface area contributed by atoms with Crippen LogP contribution in [0.4, 0.5) is 0 Å². The van der Waals surface area contributed by atoms with Gasteiger partial charge in [-0.1, -0.05) is 6.07 Å². The summed E-state index contributed by atoms with van der Waals surface area (Å²) in [5.41, 5.74) is 3.30. The average molecular weight is 283 g/mol. The quantitative estimate of drug-likeness (QED) is 0.725. The summed E-state index contributed by atoms with van der Waals surface area (Å²) in [5.74, 6) is -0.124. The number of nitrogens with one attached hydrogen (secondary N) is 1.